The summed E-state index contributed by atoms with van der Waals surface area (Å²) < 4.78 is 26.9. The number of methoxy groups -OCH3 is 1. The fourth-order valence-electron chi connectivity index (χ4n) is 2.69. The summed E-state index contributed by atoms with van der Waals surface area (Å²) in [5, 5.41) is 5.09. The molecule has 9 heteroatoms. The maximum atomic E-state index is 15.0. The number of aryl methyl sites for hydroxylation is 1. The zero-order valence-electron chi connectivity index (χ0n) is 13.9. The van der Waals surface area contributed by atoms with Crippen LogP contribution in [-0.2, 0) is 11.8 Å². The van der Waals surface area contributed by atoms with Crippen LogP contribution in [0.2, 0.25) is 5.15 Å². The van der Waals surface area contributed by atoms with E-state index in [-0.39, 0.29) is 18.1 Å². The molecular weight excluding hydrogens is 361 g/mol. The van der Waals surface area contributed by atoms with E-state index in [1.54, 1.807) is 31.4 Å². The molecule has 0 aliphatic carbocycles. The van der Waals surface area contributed by atoms with Gasteiger partial charge in [0, 0.05) is 31.3 Å². The molecule has 4 rings (SSSR count). The molecule has 0 spiro atoms. The molecule has 132 valence electrons. The van der Waals surface area contributed by atoms with Crippen molar-refractivity contribution < 1.29 is 13.9 Å². The molecule has 3 heterocycles. The number of pyridine rings is 1. The summed E-state index contributed by atoms with van der Waals surface area (Å²) in [5.74, 6) is -0.570. The Morgan fingerprint density at radius 2 is 2.12 bits per heavy atom. The van der Waals surface area contributed by atoms with Gasteiger partial charge >= 0.3 is 0 Å². The molecule has 0 amide bonds. The van der Waals surface area contributed by atoms with Gasteiger partial charge in [0.1, 0.15) is 16.2 Å². The SMILES string of the molecule is COCOc1c(-c2cnc3nc(Cl)ccc3n2)cc2cn(C)nc2c1F. The van der Waals surface area contributed by atoms with Crippen LogP contribution >= 0.6 is 11.6 Å². The van der Waals surface area contributed by atoms with Gasteiger partial charge in [0.2, 0.25) is 0 Å². The van der Waals surface area contributed by atoms with Gasteiger partial charge in [0.05, 0.1) is 11.9 Å². The number of halogens is 2. The minimum absolute atomic E-state index is 0.00798. The summed E-state index contributed by atoms with van der Waals surface area (Å²) in [6.45, 7) is -0.111. The van der Waals surface area contributed by atoms with Crippen molar-refractivity contribution in [2.45, 2.75) is 0 Å². The first kappa shape index (κ1) is 16.6. The van der Waals surface area contributed by atoms with Crippen LogP contribution in [0.4, 0.5) is 4.39 Å². The van der Waals surface area contributed by atoms with Crippen molar-refractivity contribution in [2.24, 2.45) is 7.05 Å². The molecule has 0 unspecified atom stereocenters. The van der Waals surface area contributed by atoms with Gasteiger partial charge in [-0.3, -0.25) is 4.68 Å². The normalized spacial score (nSPS) is 11.4. The number of ether oxygens (including phenoxy) is 2. The zero-order valence-corrected chi connectivity index (χ0v) is 14.7. The van der Waals surface area contributed by atoms with Crippen LogP contribution in [0.3, 0.4) is 0 Å². The van der Waals surface area contributed by atoms with Gasteiger partial charge in [-0.05, 0) is 18.2 Å². The third-order valence-electron chi connectivity index (χ3n) is 3.78. The Bertz CT molecular complexity index is 1130. The molecular formula is C17H13ClFN5O2. The van der Waals surface area contributed by atoms with Crippen molar-refractivity contribution in [3.8, 4) is 17.0 Å². The van der Waals surface area contributed by atoms with E-state index >= 15 is 0 Å². The molecule has 26 heavy (non-hydrogen) atoms. The Morgan fingerprint density at radius 3 is 2.92 bits per heavy atom. The zero-order chi connectivity index (χ0) is 18.3. The summed E-state index contributed by atoms with van der Waals surface area (Å²) in [6, 6.07) is 5.08. The van der Waals surface area contributed by atoms with Gasteiger partial charge < -0.3 is 9.47 Å². The largest absolute Gasteiger partial charge is 0.464 e. The maximum Gasteiger partial charge on any atom is 0.193 e. The highest BCUT2D eigenvalue weighted by molar-refractivity contribution is 6.29. The molecule has 0 radical (unpaired) electrons. The number of aromatic nitrogens is 5. The number of hydrogen-bond acceptors (Lipinski definition) is 6. The van der Waals surface area contributed by atoms with Gasteiger partial charge in [0.25, 0.3) is 0 Å². The summed E-state index contributed by atoms with van der Waals surface area (Å²) in [4.78, 5) is 12.9. The minimum atomic E-state index is -0.578. The first-order chi connectivity index (χ1) is 12.6. The van der Waals surface area contributed by atoms with E-state index in [9.17, 15) is 4.39 Å². The van der Waals surface area contributed by atoms with Crippen molar-refractivity contribution >= 4 is 33.7 Å². The fraction of sp³-hybridized carbons (Fsp3) is 0.176. The van der Waals surface area contributed by atoms with Crippen molar-refractivity contribution in [1.29, 1.82) is 0 Å². The van der Waals surface area contributed by atoms with Crippen LogP contribution in [0.5, 0.6) is 5.75 Å². The minimum Gasteiger partial charge on any atom is -0.464 e. The standard InChI is InChI=1S/C17H13ClFN5O2/c1-24-7-9-5-10(16(26-8-25-2)14(19)15(9)23-24)12-6-20-17-11(21-12)3-4-13(18)22-17/h3-7H,8H2,1-2H3. The van der Waals surface area contributed by atoms with E-state index in [1.807, 2.05) is 0 Å². The number of fused-ring (bicyclic) bond motifs is 2. The fourth-order valence-corrected chi connectivity index (χ4v) is 2.83. The lowest BCUT2D eigenvalue weighted by Crippen LogP contribution is -2.04. The lowest BCUT2D eigenvalue weighted by Gasteiger charge is -2.12. The summed E-state index contributed by atoms with van der Waals surface area (Å²) in [5.41, 5.74) is 2.05. The second kappa shape index (κ2) is 6.47. The van der Waals surface area contributed by atoms with Crippen LogP contribution in [0.15, 0.2) is 30.6 Å². The van der Waals surface area contributed by atoms with Crippen LogP contribution < -0.4 is 4.74 Å². The Balaban J connectivity index is 1.95. The molecule has 7 nitrogen and oxygen atoms in total. The number of benzene rings is 1. The highest BCUT2D eigenvalue weighted by Gasteiger charge is 2.20. The average Bonchev–Trinajstić information content (AvgIpc) is 3.01. The van der Waals surface area contributed by atoms with Gasteiger partial charge in [-0.2, -0.15) is 5.10 Å². The van der Waals surface area contributed by atoms with Gasteiger partial charge in [0.15, 0.2) is 24.0 Å². The van der Waals surface area contributed by atoms with E-state index in [1.165, 1.54) is 18.0 Å². The monoisotopic (exact) mass is 373 g/mol. The van der Waals surface area contributed by atoms with Crippen molar-refractivity contribution in [3.63, 3.8) is 0 Å². The lowest BCUT2D eigenvalue weighted by atomic mass is 10.1. The summed E-state index contributed by atoms with van der Waals surface area (Å²) in [7, 11) is 3.18. The third kappa shape index (κ3) is 2.83. The first-order valence-corrected chi connectivity index (χ1v) is 8.02. The summed E-state index contributed by atoms with van der Waals surface area (Å²) in [6.07, 6.45) is 3.22. The second-order valence-corrected chi connectivity index (χ2v) is 5.98. The predicted octanol–water partition coefficient (Wildman–Crippen LogP) is 3.35. The van der Waals surface area contributed by atoms with E-state index < -0.39 is 5.82 Å². The molecule has 1 aromatic carbocycles. The average molecular weight is 374 g/mol. The highest BCUT2D eigenvalue weighted by Crippen LogP contribution is 2.36. The Hall–Kier alpha value is -2.84. The topological polar surface area (TPSA) is 75.0 Å². The summed E-state index contributed by atoms with van der Waals surface area (Å²) >= 11 is 5.87. The number of nitrogens with zero attached hydrogens (tertiary/aromatic N) is 5. The van der Waals surface area contributed by atoms with E-state index in [0.29, 0.717) is 33.0 Å². The Labute approximate surface area is 152 Å². The van der Waals surface area contributed by atoms with Crippen molar-refractivity contribution in [1.82, 2.24) is 24.7 Å². The number of rotatable bonds is 4. The predicted molar refractivity (Wildman–Crippen MR) is 94.5 cm³/mol. The molecule has 0 saturated carbocycles. The van der Waals surface area contributed by atoms with E-state index in [4.69, 9.17) is 21.1 Å². The van der Waals surface area contributed by atoms with Crippen LogP contribution in [-0.4, -0.2) is 38.6 Å². The Morgan fingerprint density at radius 1 is 1.27 bits per heavy atom. The molecule has 0 aliphatic rings. The maximum absolute atomic E-state index is 15.0. The molecule has 0 saturated heterocycles. The molecule has 0 aliphatic heterocycles. The van der Waals surface area contributed by atoms with E-state index in [2.05, 4.69) is 20.1 Å². The van der Waals surface area contributed by atoms with Crippen LogP contribution in [0, 0.1) is 5.82 Å². The number of hydrogen-bond donors (Lipinski definition) is 0. The molecule has 0 bridgehead atoms. The van der Waals surface area contributed by atoms with Crippen molar-refractivity contribution in [3.05, 3.63) is 41.6 Å². The molecule has 3 aromatic heterocycles. The third-order valence-corrected chi connectivity index (χ3v) is 3.99. The molecule has 4 aromatic rings. The lowest BCUT2D eigenvalue weighted by molar-refractivity contribution is 0.0489. The van der Waals surface area contributed by atoms with Crippen molar-refractivity contribution in [2.75, 3.05) is 13.9 Å². The molecule has 0 fully saturated rings. The quantitative estimate of drug-likeness (QED) is 0.403. The van der Waals surface area contributed by atoms with Crippen LogP contribution in [0.1, 0.15) is 0 Å². The first-order valence-electron chi connectivity index (χ1n) is 7.64. The second-order valence-electron chi connectivity index (χ2n) is 5.59. The molecule has 0 N–H and O–H groups in total. The van der Waals surface area contributed by atoms with Gasteiger partial charge in [-0.1, -0.05) is 11.6 Å². The van der Waals surface area contributed by atoms with E-state index in [0.717, 1.165) is 0 Å². The smallest absolute Gasteiger partial charge is 0.193 e. The van der Waals surface area contributed by atoms with Gasteiger partial charge in [-0.15, -0.1) is 0 Å². The molecule has 0 atom stereocenters. The van der Waals surface area contributed by atoms with Gasteiger partial charge in [-0.25, -0.2) is 19.3 Å². The highest BCUT2D eigenvalue weighted by atomic mass is 35.5. The van der Waals surface area contributed by atoms with Crippen LogP contribution in [0.25, 0.3) is 33.3 Å². The Kier molecular flexibility index (Phi) is 4.14.